The number of nitrogens with two attached hydrogens (primary N) is 1. The highest BCUT2D eigenvalue weighted by Gasteiger charge is 2.32. The fraction of sp³-hybridized carbons (Fsp3) is 0.692. The minimum absolute atomic E-state index is 0.145. The number of ether oxygens (including phenoxy) is 1. The van der Waals surface area contributed by atoms with Crippen molar-refractivity contribution in [3.05, 3.63) is 21.9 Å². The lowest BCUT2D eigenvalue weighted by molar-refractivity contribution is -0.0646. The molecular weight excluding hydrogens is 232 g/mol. The summed E-state index contributed by atoms with van der Waals surface area (Å²) in [7, 11) is 0. The van der Waals surface area contributed by atoms with Gasteiger partial charge in [0.25, 0.3) is 0 Å². The maximum absolute atomic E-state index is 5.84. The third-order valence-corrected chi connectivity index (χ3v) is 4.72. The van der Waals surface area contributed by atoms with E-state index < -0.39 is 0 Å². The number of morpholine rings is 1. The molecule has 2 heterocycles. The monoisotopic (exact) mass is 254 g/mol. The Labute approximate surface area is 108 Å². The van der Waals surface area contributed by atoms with E-state index in [1.807, 2.05) is 11.3 Å². The molecule has 2 N–H and O–H groups in total. The summed E-state index contributed by atoms with van der Waals surface area (Å²) in [4.78, 5) is 5.32. The number of hydrogen-bond acceptors (Lipinski definition) is 4. The molecule has 0 aromatic carbocycles. The Morgan fingerprint density at radius 1 is 1.47 bits per heavy atom. The summed E-state index contributed by atoms with van der Waals surface area (Å²) in [6.07, 6.45) is 1.25. The van der Waals surface area contributed by atoms with Gasteiger partial charge in [0.1, 0.15) is 0 Å². The van der Waals surface area contributed by atoms with E-state index in [2.05, 4.69) is 30.9 Å². The molecule has 0 spiro atoms. The van der Waals surface area contributed by atoms with Gasteiger partial charge in [0.15, 0.2) is 0 Å². The minimum Gasteiger partial charge on any atom is -0.374 e. The van der Waals surface area contributed by atoms with Crippen LogP contribution in [0.4, 0.5) is 0 Å². The SMILES string of the molecule is CCc1ccc(C2C(CN)OCCN2CC)s1. The van der Waals surface area contributed by atoms with Gasteiger partial charge < -0.3 is 10.5 Å². The highest BCUT2D eigenvalue weighted by molar-refractivity contribution is 7.12. The highest BCUT2D eigenvalue weighted by atomic mass is 32.1. The van der Waals surface area contributed by atoms with Crippen molar-refractivity contribution in [2.45, 2.75) is 32.4 Å². The van der Waals surface area contributed by atoms with Crippen LogP contribution in [0.2, 0.25) is 0 Å². The van der Waals surface area contributed by atoms with Gasteiger partial charge in [-0.05, 0) is 25.1 Å². The van der Waals surface area contributed by atoms with E-state index in [0.717, 1.165) is 26.1 Å². The molecule has 1 aromatic rings. The second-order valence-corrected chi connectivity index (χ2v) is 5.58. The molecular formula is C13H22N2OS. The van der Waals surface area contributed by atoms with Crippen LogP contribution in [0.5, 0.6) is 0 Å². The van der Waals surface area contributed by atoms with Crippen LogP contribution >= 0.6 is 11.3 Å². The van der Waals surface area contributed by atoms with E-state index >= 15 is 0 Å². The quantitative estimate of drug-likeness (QED) is 0.893. The summed E-state index contributed by atoms with van der Waals surface area (Å²) in [5.41, 5.74) is 5.84. The zero-order chi connectivity index (χ0) is 12.3. The van der Waals surface area contributed by atoms with Crippen LogP contribution in [0, 0.1) is 0 Å². The van der Waals surface area contributed by atoms with Crippen LogP contribution in [0.3, 0.4) is 0 Å². The van der Waals surface area contributed by atoms with Crippen molar-refractivity contribution < 1.29 is 4.74 Å². The third kappa shape index (κ3) is 2.71. The molecule has 0 amide bonds. The first-order valence-electron chi connectivity index (χ1n) is 6.44. The van der Waals surface area contributed by atoms with Crippen molar-refractivity contribution in [3.63, 3.8) is 0 Å². The summed E-state index contributed by atoms with van der Waals surface area (Å²) >= 11 is 1.90. The molecule has 1 aromatic heterocycles. The molecule has 2 atom stereocenters. The standard InChI is InChI=1S/C13H22N2OS/c1-3-10-5-6-12(17-10)13-11(9-14)16-8-7-15(13)4-2/h5-6,11,13H,3-4,7-9,14H2,1-2H3. The van der Waals surface area contributed by atoms with Crippen LogP contribution in [0.15, 0.2) is 12.1 Å². The number of aryl methyl sites for hydroxylation is 1. The Morgan fingerprint density at radius 3 is 2.88 bits per heavy atom. The molecule has 2 rings (SSSR count). The lowest BCUT2D eigenvalue weighted by atomic mass is 10.1. The summed E-state index contributed by atoms with van der Waals surface area (Å²) < 4.78 is 5.81. The van der Waals surface area contributed by atoms with Gasteiger partial charge in [-0.1, -0.05) is 13.8 Å². The van der Waals surface area contributed by atoms with E-state index in [1.165, 1.54) is 9.75 Å². The van der Waals surface area contributed by atoms with E-state index in [9.17, 15) is 0 Å². The summed E-state index contributed by atoms with van der Waals surface area (Å²) in [6, 6.07) is 4.83. The smallest absolute Gasteiger partial charge is 0.0902 e. The van der Waals surface area contributed by atoms with Crippen molar-refractivity contribution in [2.75, 3.05) is 26.2 Å². The lowest BCUT2D eigenvalue weighted by Crippen LogP contribution is -2.47. The fourth-order valence-corrected chi connectivity index (χ4v) is 3.59. The van der Waals surface area contributed by atoms with E-state index in [-0.39, 0.29) is 6.10 Å². The van der Waals surface area contributed by atoms with Crippen molar-refractivity contribution in [1.29, 1.82) is 0 Å². The Morgan fingerprint density at radius 2 is 2.29 bits per heavy atom. The molecule has 17 heavy (non-hydrogen) atoms. The Hall–Kier alpha value is -0.420. The largest absolute Gasteiger partial charge is 0.374 e. The zero-order valence-corrected chi connectivity index (χ0v) is 11.5. The summed E-state index contributed by atoms with van der Waals surface area (Å²) in [5, 5.41) is 0. The molecule has 3 nitrogen and oxygen atoms in total. The summed E-state index contributed by atoms with van der Waals surface area (Å²) in [5.74, 6) is 0. The molecule has 1 aliphatic heterocycles. The van der Waals surface area contributed by atoms with Crippen molar-refractivity contribution in [2.24, 2.45) is 5.73 Å². The molecule has 0 bridgehead atoms. The molecule has 2 unspecified atom stereocenters. The average Bonchev–Trinajstić information content (AvgIpc) is 2.86. The highest BCUT2D eigenvalue weighted by Crippen LogP contribution is 2.33. The van der Waals surface area contributed by atoms with E-state index in [1.54, 1.807) is 0 Å². The van der Waals surface area contributed by atoms with Gasteiger partial charge in [-0.15, -0.1) is 11.3 Å². The van der Waals surface area contributed by atoms with Gasteiger partial charge in [-0.3, -0.25) is 4.90 Å². The van der Waals surface area contributed by atoms with Crippen LogP contribution in [-0.2, 0) is 11.2 Å². The zero-order valence-electron chi connectivity index (χ0n) is 10.7. The normalized spacial score (nSPS) is 26.3. The van der Waals surface area contributed by atoms with Gasteiger partial charge in [-0.25, -0.2) is 0 Å². The molecule has 1 aliphatic rings. The molecule has 1 fully saturated rings. The number of nitrogens with zero attached hydrogens (tertiary/aromatic N) is 1. The number of thiophene rings is 1. The molecule has 96 valence electrons. The fourth-order valence-electron chi connectivity index (χ4n) is 2.45. The molecule has 0 aliphatic carbocycles. The van der Waals surface area contributed by atoms with Crippen LogP contribution in [-0.4, -0.2) is 37.2 Å². The average molecular weight is 254 g/mol. The first-order valence-corrected chi connectivity index (χ1v) is 7.26. The number of likely N-dealkylation sites (N-methyl/N-ethyl adjacent to an activating group) is 1. The first kappa shape index (κ1) is 13.0. The van der Waals surface area contributed by atoms with Crippen LogP contribution in [0.1, 0.15) is 29.6 Å². The Balaban J connectivity index is 2.23. The summed E-state index contributed by atoms with van der Waals surface area (Å²) in [6.45, 7) is 7.88. The second kappa shape index (κ2) is 5.96. The number of rotatable bonds is 4. The molecule has 4 heteroatoms. The predicted molar refractivity (Wildman–Crippen MR) is 72.5 cm³/mol. The van der Waals surface area contributed by atoms with Crippen LogP contribution < -0.4 is 5.73 Å². The van der Waals surface area contributed by atoms with Gasteiger partial charge in [0.05, 0.1) is 18.8 Å². The van der Waals surface area contributed by atoms with E-state index in [0.29, 0.717) is 12.6 Å². The maximum Gasteiger partial charge on any atom is 0.0902 e. The molecule has 0 radical (unpaired) electrons. The minimum atomic E-state index is 0.145. The number of hydrogen-bond donors (Lipinski definition) is 1. The van der Waals surface area contributed by atoms with Crippen molar-refractivity contribution in [1.82, 2.24) is 4.90 Å². The van der Waals surface area contributed by atoms with Crippen molar-refractivity contribution >= 4 is 11.3 Å². The predicted octanol–water partition coefficient (Wildman–Crippen LogP) is 2.03. The molecule has 0 saturated carbocycles. The van der Waals surface area contributed by atoms with E-state index in [4.69, 9.17) is 10.5 Å². The van der Waals surface area contributed by atoms with Gasteiger partial charge in [0.2, 0.25) is 0 Å². The topological polar surface area (TPSA) is 38.5 Å². The van der Waals surface area contributed by atoms with Gasteiger partial charge >= 0.3 is 0 Å². The third-order valence-electron chi connectivity index (χ3n) is 3.42. The Bertz CT molecular complexity index is 341. The second-order valence-electron chi connectivity index (χ2n) is 4.38. The van der Waals surface area contributed by atoms with Crippen LogP contribution in [0.25, 0.3) is 0 Å². The lowest BCUT2D eigenvalue weighted by Gasteiger charge is -2.39. The van der Waals surface area contributed by atoms with Gasteiger partial charge in [-0.2, -0.15) is 0 Å². The first-order chi connectivity index (χ1) is 8.30. The molecule has 1 saturated heterocycles. The van der Waals surface area contributed by atoms with Crippen molar-refractivity contribution in [3.8, 4) is 0 Å². The van der Waals surface area contributed by atoms with Gasteiger partial charge in [0, 0.05) is 22.8 Å². The Kier molecular flexibility index (Phi) is 4.56. The maximum atomic E-state index is 5.84.